The number of hydrogen-bond donors (Lipinski definition) is 0. The number of benzene rings is 3. The lowest BCUT2D eigenvalue weighted by molar-refractivity contribution is -0.00455. The van der Waals surface area contributed by atoms with E-state index in [4.69, 9.17) is 26.2 Å². The van der Waals surface area contributed by atoms with E-state index >= 15 is 0 Å². The summed E-state index contributed by atoms with van der Waals surface area (Å²) < 4.78 is 11.3. The van der Waals surface area contributed by atoms with Gasteiger partial charge in [0.2, 0.25) is 5.78 Å². The number of methoxy groups -OCH3 is 1. The number of Topliss-reactive ketones (excluding diaryl/α,β-unsaturated/α-hetero) is 1. The van der Waals surface area contributed by atoms with E-state index in [2.05, 4.69) is 0 Å². The molecule has 0 spiro atoms. The summed E-state index contributed by atoms with van der Waals surface area (Å²) in [5.41, 5.74) is 3.48. The molecular weight excluding hydrogens is 400 g/mol. The van der Waals surface area contributed by atoms with E-state index in [9.17, 15) is 4.79 Å². The van der Waals surface area contributed by atoms with Gasteiger partial charge in [0.15, 0.2) is 0 Å². The molecule has 5 rings (SSSR count). The van der Waals surface area contributed by atoms with Crippen molar-refractivity contribution in [1.82, 2.24) is 5.01 Å². The smallest absolute Gasteiger partial charge is 0.251 e. The summed E-state index contributed by atoms with van der Waals surface area (Å²) in [6, 6.07) is 22.4. The van der Waals surface area contributed by atoms with Gasteiger partial charge in [-0.3, -0.25) is 4.79 Å². The third-order valence-corrected chi connectivity index (χ3v) is 5.73. The maximum atomic E-state index is 13.3. The number of ether oxygens (including phenoxy) is 2. The fourth-order valence-electron chi connectivity index (χ4n) is 3.92. The molecule has 0 bridgehead atoms. The molecule has 2 heterocycles. The molecule has 2 atom stereocenters. The highest BCUT2D eigenvalue weighted by atomic mass is 35.5. The third-order valence-electron chi connectivity index (χ3n) is 5.48. The molecule has 30 heavy (non-hydrogen) atoms. The number of rotatable bonds is 4. The number of fused-ring (bicyclic) bond motifs is 3. The van der Waals surface area contributed by atoms with Gasteiger partial charge in [-0.2, -0.15) is 5.10 Å². The monoisotopic (exact) mass is 418 g/mol. The molecule has 0 radical (unpaired) electrons. The molecule has 2 aliphatic heterocycles. The minimum absolute atomic E-state index is 0.0622. The molecule has 2 aliphatic rings. The van der Waals surface area contributed by atoms with Crippen molar-refractivity contribution >= 4 is 23.1 Å². The molecule has 0 aliphatic carbocycles. The summed E-state index contributed by atoms with van der Waals surface area (Å²) in [5.74, 6) is 1.28. The van der Waals surface area contributed by atoms with Crippen LogP contribution in [0, 0.1) is 0 Å². The molecule has 0 unspecified atom stereocenters. The summed E-state index contributed by atoms with van der Waals surface area (Å²) in [5, 5.41) is 7.27. The van der Waals surface area contributed by atoms with Gasteiger partial charge in [0.05, 0.1) is 18.9 Å². The number of carbonyl (C=O) groups excluding carboxylic acids is 1. The van der Waals surface area contributed by atoms with Crippen LogP contribution in [-0.2, 0) is 0 Å². The average Bonchev–Trinajstić information content (AvgIpc) is 3.24. The Morgan fingerprint density at radius 2 is 1.80 bits per heavy atom. The van der Waals surface area contributed by atoms with Gasteiger partial charge in [0, 0.05) is 22.6 Å². The van der Waals surface area contributed by atoms with Gasteiger partial charge < -0.3 is 9.47 Å². The number of halogens is 1. The summed E-state index contributed by atoms with van der Waals surface area (Å²) in [6.07, 6.45) is -0.142. The van der Waals surface area contributed by atoms with Gasteiger partial charge in [-0.25, -0.2) is 5.01 Å². The lowest BCUT2D eigenvalue weighted by Gasteiger charge is -2.37. The predicted octanol–water partition coefficient (Wildman–Crippen LogP) is 5.10. The lowest BCUT2D eigenvalue weighted by atomic mass is 9.96. The topological polar surface area (TPSA) is 51.1 Å². The first-order valence-electron chi connectivity index (χ1n) is 9.69. The van der Waals surface area contributed by atoms with E-state index < -0.39 is 6.23 Å². The van der Waals surface area contributed by atoms with Crippen LogP contribution < -0.4 is 9.47 Å². The zero-order chi connectivity index (χ0) is 20.7. The van der Waals surface area contributed by atoms with Crippen molar-refractivity contribution in [3.05, 3.63) is 94.5 Å². The van der Waals surface area contributed by atoms with E-state index in [1.54, 1.807) is 36.4 Å². The zero-order valence-corrected chi connectivity index (χ0v) is 17.0. The Morgan fingerprint density at radius 1 is 1.07 bits per heavy atom. The molecule has 0 N–H and O–H groups in total. The molecule has 0 aromatic heterocycles. The van der Waals surface area contributed by atoms with Gasteiger partial charge in [-0.05, 0) is 48.0 Å². The van der Waals surface area contributed by atoms with Gasteiger partial charge in [0.25, 0.3) is 6.23 Å². The summed E-state index contributed by atoms with van der Waals surface area (Å²) >= 11 is 6.04. The van der Waals surface area contributed by atoms with E-state index in [0.29, 0.717) is 22.8 Å². The van der Waals surface area contributed by atoms with Gasteiger partial charge in [0.1, 0.15) is 11.5 Å². The maximum Gasteiger partial charge on any atom is 0.251 e. The Bertz CT molecular complexity index is 1130. The van der Waals surface area contributed by atoms with Crippen LogP contribution in [-0.4, -0.2) is 29.8 Å². The molecule has 0 amide bonds. The molecule has 150 valence electrons. The van der Waals surface area contributed by atoms with E-state index in [1.807, 2.05) is 48.5 Å². The second-order valence-electron chi connectivity index (χ2n) is 7.25. The summed E-state index contributed by atoms with van der Waals surface area (Å²) in [6.45, 7) is 0. The average molecular weight is 419 g/mol. The van der Waals surface area contributed by atoms with Crippen molar-refractivity contribution < 1.29 is 14.3 Å². The van der Waals surface area contributed by atoms with Gasteiger partial charge >= 0.3 is 0 Å². The van der Waals surface area contributed by atoms with Crippen molar-refractivity contribution in [2.24, 2.45) is 5.10 Å². The number of carbonyl (C=O) groups is 1. The molecular formula is C24H19ClN2O3. The Labute approximate surface area is 179 Å². The quantitative estimate of drug-likeness (QED) is 0.553. The highest BCUT2D eigenvalue weighted by molar-refractivity contribution is 6.30. The highest BCUT2D eigenvalue weighted by Crippen LogP contribution is 2.43. The molecule has 0 saturated heterocycles. The van der Waals surface area contributed by atoms with Crippen molar-refractivity contribution in [3.8, 4) is 11.5 Å². The first kappa shape index (κ1) is 18.7. The second kappa shape index (κ2) is 7.50. The van der Waals surface area contributed by atoms with E-state index in [0.717, 1.165) is 22.6 Å². The Hall–Kier alpha value is -3.31. The Morgan fingerprint density at radius 3 is 2.53 bits per heavy atom. The number of hydrogen-bond acceptors (Lipinski definition) is 5. The SMILES string of the molecule is COc1ccc(C(=O)[C@@H]2Oc3ccccc3[C@@H]3CC(c4ccc(Cl)cc4)=NN23)cc1. The predicted molar refractivity (Wildman–Crippen MR) is 115 cm³/mol. The normalized spacial score (nSPS) is 19.4. The molecule has 3 aromatic rings. The Balaban J connectivity index is 1.53. The van der Waals surface area contributed by atoms with Crippen LogP contribution in [0.5, 0.6) is 11.5 Å². The standard InChI is InChI=1S/C24H19ClN2O3/c1-29-18-12-8-16(9-13-18)23(28)24-27-21(19-4-2-3-5-22(19)30-24)14-20(26-27)15-6-10-17(25)11-7-15/h2-13,21,24H,14H2,1H3/t21-,24-/m0/s1. The lowest BCUT2D eigenvalue weighted by Crippen LogP contribution is -2.45. The number of nitrogens with zero attached hydrogens (tertiary/aromatic N) is 2. The van der Waals surface area contributed by atoms with E-state index in [1.165, 1.54) is 0 Å². The van der Waals surface area contributed by atoms with Gasteiger partial charge in [-0.1, -0.05) is 41.9 Å². The van der Waals surface area contributed by atoms with E-state index in [-0.39, 0.29) is 11.8 Å². The highest BCUT2D eigenvalue weighted by Gasteiger charge is 2.43. The van der Waals surface area contributed by atoms with Crippen LogP contribution in [0.2, 0.25) is 5.02 Å². The van der Waals surface area contributed by atoms with Crippen LogP contribution in [0.15, 0.2) is 77.9 Å². The van der Waals surface area contributed by atoms with Crippen LogP contribution in [0.4, 0.5) is 0 Å². The number of hydrazone groups is 1. The van der Waals surface area contributed by atoms with Crippen LogP contribution in [0.25, 0.3) is 0 Å². The van der Waals surface area contributed by atoms with Crippen molar-refractivity contribution in [2.75, 3.05) is 7.11 Å². The molecule has 5 nitrogen and oxygen atoms in total. The molecule has 0 fully saturated rings. The van der Waals surface area contributed by atoms with Crippen molar-refractivity contribution in [2.45, 2.75) is 18.7 Å². The largest absolute Gasteiger partial charge is 0.497 e. The fourth-order valence-corrected chi connectivity index (χ4v) is 4.05. The minimum atomic E-state index is -0.830. The first-order chi connectivity index (χ1) is 14.6. The maximum absolute atomic E-state index is 13.3. The minimum Gasteiger partial charge on any atom is -0.497 e. The number of ketones is 1. The summed E-state index contributed by atoms with van der Waals surface area (Å²) in [7, 11) is 1.60. The molecule has 6 heteroatoms. The van der Waals surface area contributed by atoms with Crippen LogP contribution >= 0.6 is 11.6 Å². The third kappa shape index (κ3) is 3.21. The fraction of sp³-hybridized carbons (Fsp3) is 0.167. The van der Waals surface area contributed by atoms with Crippen molar-refractivity contribution in [1.29, 1.82) is 0 Å². The number of para-hydroxylation sites is 1. The first-order valence-corrected chi connectivity index (χ1v) is 10.1. The summed E-state index contributed by atoms with van der Waals surface area (Å²) in [4.78, 5) is 13.3. The van der Waals surface area contributed by atoms with Gasteiger partial charge in [-0.15, -0.1) is 0 Å². The zero-order valence-electron chi connectivity index (χ0n) is 16.3. The molecule has 3 aromatic carbocycles. The van der Waals surface area contributed by atoms with Crippen LogP contribution in [0.1, 0.15) is 33.9 Å². The van der Waals surface area contributed by atoms with Crippen LogP contribution in [0.3, 0.4) is 0 Å². The molecule has 0 saturated carbocycles. The van der Waals surface area contributed by atoms with Crippen molar-refractivity contribution in [3.63, 3.8) is 0 Å². The Kier molecular flexibility index (Phi) is 4.68. The second-order valence-corrected chi connectivity index (χ2v) is 7.69.